The first-order valence-corrected chi connectivity index (χ1v) is 15.7. The zero-order valence-electron chi connectivity index (χ0n) is 22.7. The van der Waals surface area contributed by atoms with Crippen molar-refractivity contribution >= 4 is 40.9 Å². The number of aliphatic imine (C=N–C) groups is 1. The number of thioether (sulfide) groups is 1. The van der Waals surface area contributed by atoms with Crippen LogP contribution in [0.5, 0.6) is 0 Å². The number of rotatable bonds is 8. The van der Waals surface area contributed by atoms with Crippen LogP contribution in [-0.2, 0) is 4.74 Å². The fourth-order valence-corrected chi connectivity index (χ4v) is 7.72. The summed E-state index contributed by atoms with van der Waals surface area (Å²) in [7, 11) is 0. The van der Waals surface area contributed by atoms with Crippen LogP contribution in [0.15, 0.2) is 64.6 Å². The highest BCUT2D eigenvalue weighted by Gasteiger charge is 2.37. The van der Waals surface area contributed by atoms with Crippen molar-refractivity contribution in [2.45, 2.75) is 35.3 Å². The van der Waals surface area contributed by atoms with Crippen LogP contribution in [0, 0.1) is 23.4 Å². The van der Waals surface area contributed by atoms with Gasteiger partial charge in [-0.05, 0) is 79.2 Å². The molecule has 3 aromatic rings. The van der Waals surface area contributed by atoms with Gasteiger partial charge in [-0.25, -0.2) is 18.2 Å². The summed E-state index contributed by atoms with van der Waals surface area (Å²) in [5.41, 5.74) is 2.31. The van der Waals surface area contributed by atoms with Gasteiger partial charge in [0.25, 0.3) is 0 Å². The molecule has 4 heterocycles. The molecular weight excluding hydrogens is 567 g/mol. The monoisotopic (exact) mass is 599 g/mol. The smallest absolute Gasteiger partial charge is 0.156 e. The molecule has 6 nitrogen and oxygen atoms in total. The summed E-state index contributed by atoms with van der Waals surface area (Å²) in [6.07, 6.45) is 3.67. The van der Waals surface area contributed by atoms with Gasteiger partial charge in [0.15, 0.2) is 5.82 Å². The molecule has 41 heavy (non-hydrogen) atoms. The van der Waals surface area contributed by atoms with Crippen molar-refractivity contribution in [3.05, 3.63) is 83.3 Å². The van der Waals surface area contributed by atoms with Gasteiger partial charge in [-0.3, -0.25) is 9.89 Å². The molecule has 2 unspecified atom stereocenters. The maximum atomic E-state index is 16.1. The Morgan fingerprint density at radius 3 is 2.73 bits per heavy atom. The third kappa shape index (κ3) is 6.23. The molecule has 0 radical (unpaired) electrons. The average Bonchev–Trinajstić information content (AvgIpc) is 3.67. The van der Waals surface area contributed by atoms with Crippen LogP contribution in [0.3, 0.4) is 0 Å². The van der Waals surface area contributed by atoms with Crippen molar-refractivity contribution in [1.82, 2.24) is 9.88 Å². The molecule has 3 aliphatic heterocycles. The topological polar surface area (TPSA) is 53.0 Å². The number of pyridine rings is 1. The van der Waals surface area contributed by atoms with Crippen molar-refractivity contribution in [2.75, 3.05) is 49.1 Å². The summed E-state index contributed by atoms with van der Waals surface area (Å²) in [4.78, 5) is 14.5. The number of ether oxygens (including phenoxy) is 1. The fraction of sp³-hybridized carbons (Fsp3) is 0.400. The molecule has 0 amide bonds. The lowest BCUT2D eigenvalue weighted by atomic mass is 9.98. The largest absolute Gasteiger partial charge is 0.381 e. The van der Waals surface area contributed by atoms with Gasteiger partial charge in [0.1, 0.15) is 17.5 Å². The number of likely N-dealkylation sites (N-methyl/N-ethyl adjacent to an activating group) is 1. The number of nitrogens with one attached hydrogen (secondary N) is 1. The summed E-state index contributed by atoms with van der Waals surface area (Å²) in [5, 5.41) is -0.183. The molecule has 1 N–H and O–H groups in total. The number of anilines is 2. The van der Waals surface area contributed by atoms with E-state index in [1.165, 1.54) is 0 Å². The Kier molecular flexibility index (Phi) is 8.76. The molecule has 0 aliphatic carbocycles. The van der Waals surface area contributed by atoms with Gasteiger partial charge < -0.3 is 14.4 Å². The van der Waals surface area contributed by atoms with Gasteiger partial charge in [0.05, 0.1) is 33.6 Å². The number of hydrogen-bond donors (Lipinski definition) is 1. The molecule has 2 atom stereocenters. The maximum Gasteiger partial charge on any atom is 0.156 e. The number of hydrogen-bond acceptors (Lipinski definition) is 8. The molecular formula is C30H32F3N5OS2. The van der Waals surface area contributed by atoms with Gasteiger partial charge in [-0.15, -0.1) is 11.8 Å². The van der Waals surface area contributed by atoms with E-state index >= 15 is 4.39 Å². The van der Waals surface area contributed by atoms with Crippen molar-refractivity contribution in [3.63, 3.8) is 0 Å². The third-order valence-electron chi connectivity index (χ3n) is 7.80. The van der Waals surface area contributed by atoms with E-state index in [1.807, 2.05) is 12.3 Å². The number of nitrogens with zero attached hydrogens (tertiary/aromatic N) is 4. The minimum absolute atomic E-state index is 0.00957. The second-order valence-corrected chi connectivity index (χ2v) is 12.5. The molecule has 11 heteroatoms. The Morgan fingerprint density at radius 2 is 1.93 bits per heavy atom. The minimum atomic E-state index is -0.579. The lowest BCUT2D eigenvalue weighted by molar-refractivity contribution is 0.0664. The predicted octanol–water partition coefficient (Wildman–Crippen LogP) is 6.75. The highest BCUT2D eigenvalue weighted by atomic mass is 32.2. The first-order valence-electron chi connectivity index (χ1n) is 13.9. The van der Waals surface area contributed by atoms with E-state index in [4.69, 9.17) is 9.73 Å². The fourth-order valence-electron chi connectivity index (χ4n) is 5.44. The van der Waals surface area contributed by atoms with Crippen LogP contribution in [-0.4, -0.2) is 60.5 Å². The normalized spacial score (nSPS) is 21.9. The highest BCUT2D eigenvalue weighted by Crippen LogP contribution is 2.47. The van der Waals surface area contributed by atoms with Crippen molar-refractivity contribution in [2.24, 2.45) is 10.9 Å². The van der Waals surface area contributed by atoms with Crippen LogP contribution in [0.25, 0.3) is 0 Å². The van der Waals surface area contributed by atoms with Crippen LogP contribution in [0.4, 0.5) is 24.7 Å². The van der Waals surface area contributed by atoms with Crippen molar-refractivity contribution in [1.29, 1.82) is 0 Å². The zero-order valence-corrected chi connectivity index (χ0v) is 24.4. The van der Waals surface area contributed by atoms with Gasteiger partial charge in [0, 0.05) is 38.1 Å². The van der Waals surface area contributed by atoms with E-state index in [1.54, 1.807) is 30.0 Å². The lowest BCUT2D eigenvalue weighted by Crippen LogP contribution is -2.25. The molecule has 0 bridgehead atoms. The van der Waals surface area contributed by atoms with Gasteiger partial charge in [-0.2, -0.15) is 0 Å². The Balaban J connectivity index is 1.31. The van der Waals surface area contributed by atoms with E-state index < -0.39 is 17.5 Å². The van der Waals surface area contributed by atoms with Gasteiger partial charge >= 0.3 is 0 Å². The minimum Gasteiger partial charge on any atom is -0.381 e. The molecule has 0 saturated carbocycles. The zero-order chi connectivity index (χ0) is 28.3. The number of aromatic nitrogens is 1. The maximum absolute atomic E-state index is 16.1. The molecule has 6 rings (SSSR count). The first kappa shape index (κ1) is 28.4. The van der Waals surface area contributed by atoms with Crippen LogP contribution < -0.4 is 9.62 Å². The quantitative estimate of drug-likeness (QED) is 0.288. The van der Waals surface area contributed by atoms with Crippen molar-refractivity contribution < 1.29 is 17.9 Å². The second kappa shape index (κ2) is 12.6. The number of benzene rings is 2. The Labute approximate surface area is 246 Å². The van der Waals surface area contributed by atoms with E-state index in [0.29, 0.717) is 30.4 Å². The van der Waals surface area contributed by atoms with Crippen LogP contribution in [0.2, 0.25) is 0 Å². The van der Waals surface area contributed by atoms with Crippen molar-refractivity contribution in [3.8, 4) is 0 Å². The third-order valence-corrected chi connectivity index (χ3v) is 10.2. The summed E-state index contributed by atoms with van der Waals surface area (Å²) in [6, 6.07) is 12.4. The van der Waals surface area contributed by atoms with Gasteiger partial charge in [0.2, 0.25) is 0 Å². The number of halogens is 3. The Bertz CT molecular complexity index is 1420. The molecule has 2 fully saturated rings. The lowest BCUT2D eigenvalue weighted by Gasteiger charge is -2.26. The standard InChI is InChI=1S/C30H32F3N5OS2/c1-2-37-12-13-38(18-37)26-16-20(8-11-34-26)29-28(35-30(40-29)19-9-14-39-15-10-19)22-4-3-5-24(27(22)33)36-41-25-17-21(31)6-7-23(25)32/h3-8,11,16-17,19,29-30,36H,2,9-10,12-15,18H2,1H3. The average molecular weight is 600 g/mol. The van der Waals surface area contributed by atoms with Crippen LogP contribution in [0.1, 0.15) is 36.1 Å². The SMILES string of the molecule is CCN1CCN(c2cc(C3SC(C4CCOCC4)N=C3c3cccc(NSc4cc(F)ccc4F)c3F)ccn2)C1. The highest BCUT2D eigenvalue weighted by molar-refractivity contribution is 8.01. The predicted molar refractivity (Wildman–Crippen MR) is 160 cm³/mol. The van der Waals surface area contributed by atoms with E-state index in [2.05, 4.69) is 32.5 Å². The van der Waals surface area contributed by atoms with Gasteiger partial charge in [-0.1, -0.05) is 19.1 Å². The summed E-state index contributed by atoms with van der Waals surface area (Å²) in [6.45, 7) is 7.32. The Morgan fingerprint density at radius 1 is 1.07 bits per heavy atom. The molecule has 2 aromatic carbocycles. The summed E-state index contributed by atoms with van der Waals surface area (Å²) < 4.78 is 52.4. The Hall–Kier alpha value is -2.73. The molecule has 1 aromatic heterocycles. The molecule has 216 valence electrons. The van der Waals surface area contributed by atoms with Crippen LogP contribution >= 0.6 is 23.7 Å². The van der Waals surface area contributed by atoms with E-state index in [-0.39, 0.29) is 21.2 Å². The molecule has 3 aliphatic rings. The summed E-state index contributed by atoms with van der Waals surface area (Å²) in [5.74, 6) is -0.344. The molecule has 0 spiro atoms. The molecule has 2 saturated heterocycles. The summed E-state index contributed by atoms with van der Waals surface area (Å²) >= 11 is 2.59. The van der Waals surface area contributed by atoms with E-state index in [0.717, 1.165) is 80.7 Å². The van der Waals surface area contributed by atoms with E-state index in [9.17, 15) is 8.78 Å². The second-order valence-electron chi connectivity index (χ2n) is 10.4. The first-order chi connectivity index (χ1) is 20.0.